The molecule has 2 aromatic rings. The van der Waals surface area contributed by atoms with Gasteiger partial charge in [0.2, 0.25) is 0 Å². The van der Waals surface area contributed by atoms with E-state index in [-0.39, 0.29) is 13.0 Å². The zero-order valence-electron chi connectivity index (χ0n) is 13.6. The smallest absolute Gasteiger partial charge is 0.408 e. The number of ether oxygens (including phenoxy) is 1. The van der Waals surface area contributed by atoms with Gasteiger partial charge in [-0.05, 0) is 23.1 Å². The first-order valence-electron chi connectivity index (χ1n) is 7.86. The third-order valence-corrected chi connectivity index (χ3v) is 3.67. The topological polar surface area (TPSA) is 75.6 Å². The van der Waals surface area contributed by atoms with Gasteiger partial charge in [-0.15, -0.1) is 0 Å². The van der Waals surface area contributed by atoms with Gasteiger partial charge in [0.15, 0.2) is 0 Å². The Morgan fingerprint density at radius 2 is 1.62 bits per heavy atom. The molecule has 0 fully saturated rings. The molecule has 2 N–H and O–H groups in total. The maximum absolute atomic E-state index is 11.8. The molecule has 1 atom stereocenters. The number of aliphatic carboxylic acids is 1. The van der Waals surface area contributed by atoms with Gasteiger partial charge in [-0.2, -0.15) is 0 Å². The molecule has 24 heavy (non-hydrogen) atoms. The first kappa shape index (κ1) is 17.5. The molecule has 2 aromatic carbocycles. The Bertz CT molecular complexity index is 668. The predicted octanol–water partition coefficient (Wildman–Crippen LogP) is 3.17. The quantitative estimate of drug-likeness (QED) is 0.819. The van der Waals surface area contributed by atoms with E-state index in [1.165, 1.54) is 5.56 Å². The molecule has 0 saturated heterocycles. The van der Waals surface area contributed by atoms with Crippen molar-refractivity contribution in [3.8, 4) is 0 Å². The fourth-order valence-corrected chi connectivity index (χ4v) is 2.25. The minimum atomic E-state index is -1.09. The number of carbonyl (C=O) groups is 2. The van der Waals surface area contributed by atoms with Crippen molar-refractivity contribution < 1.29 is 19.4 Å². The van der Waals surface area contributed by atoms with Crippen molar-refractivity contribution in [3.63, 3.8) is 0 Å². The number of rotatable bonds is 7. The number of alkyl carbamates (subject to hydrolysis) is 1. The van der Waals surface area contributed by atoms with E-state index in [1.807, 2.05) is 54.6 Å². The number of hydrogen-bond acceptors (Lipinski definition) is 3. The van der Waals surface area contributed by atoms with Crippen molar-refractivity contribution in [1.82, 2.24) is 5.32 Å². The van der Waals surface area contributed by atoms with E-state index in [1.54, 1.807) is 0 Å². The number of carbonyl (C=O) groups excluding carboxylic acids is 1. The third kappa shape index (κ3) is 5.43. The highest BCUT2D eigenvalue weighted by Gasteiger charge is 2.21. The summed E-state index contributed by atoms with van der Waals surface area (Å²) in [6, 6.07) is 15.9. The van der Waals surface area contributed by atoms with E-state index < -0.39 is 18.1 Å². The second kappa shape index (κ2) is 8.72. The Labute approximate surface area is 141 Å². The average molecular weight is 327 g/mol. The van der Waals surface area contributed by atoms with Gasteiger partial charge in [-0.1, -0.05) is 61.5 Å². The van der Waals surface area contributed by atoms with Gasteiger partial charge in [-0.25, -0.2) is 9.59 Å². The van der Waals surface area contributed by atoms with Gasteiger partial charge in [0, 0.05) is 6.42 Å². The Morgan fingerprint density at radius 1 is 1.00 bits per heavy atom. The van der Waals surface area contributed by atoms with E-state index in [0.29, 0.717) is 0 Å². The molecule has 0 aliphatic carbocycles. The molecule has 0 aliphatic rings. The Balaban J connectivity index is 1.90. The van der Waals surface area contributed by atoms with Crippen LogP contribution in [0, 0.1) is 0 Å². The first-order valence-corrected chi connectivity index (χ1v) is 7.86. The fraction of sp³-hybridized carbons (Fsp3) is 0.263. The lowest BCUT2D eigenvalue weighted by Crippen LogP contribution is -2.42. The normalized spacial score (nSPS) is 11.5. The van der Waals surface area contributed by atoms with Crippen molar-refractivity contribution in [2.45, 2.75) is 32.4 Å². The van der Waals surface area contributed by atoms with Crippen molar-refractivity contribution in [2.75, 3.05) is 0 Å². The van der Waals surface area contributed by atoms with Crippen molar-refractivity contribution >= 4 is 12.1 Å². The standard InChI is InChI=1S/C19H21NO4/c1-2-14-8-10-15(11-9-14)12-17(18(21)22)20-19(23)24-13-16-6-4-3-5-7-16/h3-11,17H,2,12-13H2,1H3,(H,20,23)(H,21,22)/t17-/m0/s1. The van der Waals surface area contributed by atoms with E-state index in [0.717, 1.165) is 17.5 Å². The molecule has 0 saturated carbocycles. The zero-order chi connectivity index (χ0) is 17.4. The maximum atomic E-state index is 11.8. The van der Waals surface area contributed by atoms with Crippen LogP contribution < -0.4 is 5.32 Å². The molecule has 0 radical (unpaired) electrons. The monoisotopic (exact) mass is 327 g/mol. The Hall–Kier alpha value is -2.82. The minimum absolute atomic E-state index is 0.101. The summed E-state index contributed by atoms with van der Waals surface area (Å²) in [7, 11) is 0. The van der Waals surface area contributed by atoms with Gasteiger partial charge in [0.1, 0.15) is 12.6 Å². The van der Waals surface area contributed by atoms with Gasteiger partial charge in [-0.3, -0.25) is 0 Å². The predicted molar refractivity (Wildman–Crippen MR) is 90.7 cm³/mol. The van der Waals surface area contributed by atoms with Gasteiger partial charge in [0.05, 0.1) is 0 Å². The van der Waals surface area contributed by atoms with E-state index >= 15 is 0 Å². The lowest BCUT2D eigenvalue weighted by Gasteiger charge is -2.15. The average Bonchev–Trinajstić information content (AvgIpc) is 2.61. The zero-order valence-corrected chi connectivity index (χ0v) is 13.6. The molecule has 5 heteroatoms. The lowest BCUT2D eigenvalue weighted by atomic mass is 10.0. The Morgan fingerprint density at radius 3 is 2.21 bits per heavy atom. The second-order valence-corrected chi connectivity index (χ2v) is 5.47. The maximum Gasteiger partial charge on any atom is 0.408 e. The van der Waals surface area contributed by atoms with E-state index in [9.17, 15) is 14.7 Å². The lowest BCUT2D eigenvalue weighted by molar-refractivity contribution is -0.139. The molecule has 1 amide bonds. The molecule has 0 heterocycles. The number of nitrogens with one attached hydrogen (secondary N) is 1. The van der Waals surface area contributed by atoms with Gasteiger partial charge < -0.3 is 15.2 Å². The minimum Gasteiger partial charge on any atom is -0.480 e. The third-order valence-electron chi connectivity index (χ3n) is 3.67. The summed E-state index contributed by atoms with van der Waals surface area (Å²) in [5.74, 6) is -1.09. The van der Waals surface area contributed by atoms with Crippen LogP contribution in [0.15, 0.2) is 54.6 Å². The number of carboxylic acid groups (broad SMARTS) is 1. The summed E-state index contributed by atoms with van der Waals surface area (Å²) in [6.45, 7) is 2.16. The summed E-state index contributed by atoms with van der Waals surface area (Å²) in [5.41, 5.74) is 2.87. The highest BCUT2D eigenvalue weighted by atomic mass is 16.5. The second-order valence-electron chi connectivity index (χ2n) is 5.47. The van der Waals surface area contributed by atoms with Crippen molar-refractivity contribution in [2.24, 2.45) is 0 Å². The molecular weight excluding hydrogens is 306 g/mol. The van der Waals surface area contributed by atoms with Crippen LogP contribution in [0.1, 0.15) is 23.6 Å². The number of hydrogen-bond donors (Lipinski definition) is 2. The van der Waals surface area contributed by atoms with Crippen LogP contribution in [0.4, 0.5) is 4.79 Å². The van der Waals surface area contributed by atoms with Crippen LogP contribution in [0.3, 0.4) is 0 Å². The van der Waals surface area contributed by atoms with Crippen LogP contribution in [-0.2, 0) is 29.0 Å². The summed E-state index contributed by atoms with van der Waals surface area (Å²) >= 11 is 0. The molecule has 0 unspecified atom stereocenters. The SMILES string of the molecule is CCc1ccc(C[C@H](NC(=O)OCc2ccccc2)C(=O)O)cc1. The Kier molecular flexibility index (Phi) is 6.37. The molecular formula is C19H21NO4. The fourth-order valence-electron chi connectivity index (χ4n) is 2.25. The summed E-state index contributed by atoms with van der Waals surface area (Å²) in [4.78, 5) is 23.2. The molecule has 2 rings (SSSR count). The molecule has 0 bridgehead atoms. The van der Waals surface area contributed by atoms with Gasteiger partial charge >= 0.3 is 12.1 Å². The highest BCUT2D eigenvalue weighted by Crippen LogP contribution is 2.08. The highest BCUT2D eigenvalue weighted by molar-refractivity contribution is 5.80. The van der Waals surface area contributed by atoms with E-state index in [4.69, 9.17) is 4.74 Å². The van der Waals surface area contributed by atoms with Crippen LogP contribution in [0.5, 0.6) is 0 Å². The first-order chi connectivity index (χ1) is 11.6. The van der Waals surface area contributed by atoms with Crippen LogP contribution >= 0.6 is 0 Å². The van der Waals surface area contributed by atoms with Crippen LogP contribution in [0.25, 0.3) is 0 Å². The largest absolute Gasteiger partial charge is 0.480 e. The summed E-state index contributed by atoms with van der Waals surface area (Å²) < 4.78 is 5.07. The molecule has 5 nitrogen and oxygen atoms in total. The van der Waals surface area contributed by atoms with Gasteiger partial charge in [0.25, 0.3) is 0 Å². The van der Waals surface area contributed by atoms with E-state index in [2.05, 4.69) is 12.2 Å². The number of benzene rings is 2. The molecule has 0 aromatic heterocycles. The summed E-state index contributed by atoms with van der Waals surface area (Å²) in [5, 5.41) is 11.7. The van der Waals surface area contributed by atoms with Crippen molar-refractivity contribution in [3.05, 3.63) is 71.3 Å². The van der Waals surface area contributed by atoms with Crippen LogP contribution in [0.2, 0.25) is 0 Å². The summed E-state index contributed by atoms with van der Waals surface area (Å²) in [6.07, 6.45) is 0.392. The van der Waals surface area contributed by atoms with Crippen molar-refractivity contribution in [1.29, 1.82) is 0 Å². The number of aryl methyl sites for hydroxylation is 1. The molecule has 0 aliphatic heterocycles. The molecule has 0 spiro atoms. The number of carboxylic acids is 1. The van der Waals surface area contributed by atoms with Crippen LogP contribution in [-0.4, -0.2) is 23.2 Å². The number of amides is 1. The molecule has 126 valence electrons.